The minimum Gasteiger partial charge on any atom is -0.487 e. The fourth-order valence-corrected chi connectivity index (χ4v) is 2.90. The maximum absolute atomic E-state index is 12.1. The Labute approximate surface area is 135 Å². The van der Waals surface area contributed by atoms with Crippen molar-refractivity contribution in [2.75, 3.05) is 6.54 Å². The minimum atomic E-state index is -0.144. The molecule has 1 aromatic heterocycles. The third-order valence-corrected chi connectivity index (χ3v) is 4.67. The lowest BCUT2D eigenvalue weighted by Crippen LogP contribution is -2.38. The zero-order valence-electron chi connectivity index (χ0n) is 13.1. The smallest absolute Gasteiger partial charge is 0.226 e. The normalized spacial score (nSPS) is 20.5. The van der Waals surface area contributed by atoms with Crippen molar-refractivity contribution in [1.82, 2.24) is 15.3 Å². The number of carbonyl (C=O) groups excluding carboxylic acids is 1. The number of rotatable bonds is 4. The number of fused-ring (bicyclic) bond motifs is 1. The average Bonchev–Trinajstić information content (AvgIpc) is 3.20. The summed E-state index contributed by atoms with van der Waals surface area (Å²) < 4.78 is 6.08. The van der Waals surface area contributed by atoms with Crippen LogP contribution in [0.2, 0.25) is 0 Å². The highest BCUT2D eigenvalue weighted by atomic mass is 16.5. The zero-order valence-corrected chi connectivity index (χ0v) is 13.1. The lowest BCUT2D eigenvalue weighted by molar-refractivity contribution is -0.126. The Morgan fingerprint density at radius 1 is 1.30 bits per heavy atom. The van der Waals surface area contributed by atoms with Crippen LogP contribution in [0.4, 0.5) is 0 Å². The molecule has 0 radical (unpaired) electrons. The Bertz CT molecular complexity index is 741. The molecule has 1 unspecified atom stereocenters. The Balaban J connectivity index is 1.48. The van der Waals surface area contributed by atoms with Gasteiger partial charge in [0.15, 0.2) is 5.82 Å². The summed E-state index contributed by atoms with van der Waals surface area (Å²) in [5.74, 6) is 1.65. The number of carbonyl (C=O) groups is 1. The molecule has 1 atom stereocenters. The monoisotopic (exact) mass is 309 g/mol. The summed E-state index contributed by atoms with van der Waals surface area (Å²) >= 11 is 0. The van der Waals surface area contributed by atoms with E-state index in [-0.39, 0.29) is 17.4 Å². The van der Waals surface area contributed by atoms with E-state index < -0.39 is 0 Å². The molecule has 1 aliphatic heterocycles. The zero-order chi connectivity index (χ0) is 15.9. The number of para-hydroxylation sites is 1. The fourth-order valence-electron chi connectivity index (χ4n) is 2.90. The lowest BCUT2D eigenvalue weighted by Gasteiger charge is -2.15. The molecule has 2 aromatic rings. The minimum absolute atomic E-state index is 0.0267. The molecule has 0 spiro atoms. The number of hydrogen-bond acceptors (Lipinski definition) is 4. The molecule has 0 bridgehead atoms. The predicted molar refractivity (Wildman–Crippen MR) is 85.9 cm³/mol. The van der Waals surface area contributed by atoms with Crippen molar-refractivity contribution in [2.45, 2.75) is 32.3 Å². The van der Waals surface area contributed by atoms with Crippen molar-refractivity contribution >= 4 is 5.91 Å². The third-order valence-electron chi connectivity index (χ3n) is 4.67. The van der Waals surface area contributed by atoms with Crippen molar-refractivity contribution in [3.05, 3.63) is 42.2 Å². The van der Waals surface area contributed by atoms with E-state index in [1.165, 1.54) is 0 Å². The van der Waals surface area contributed by atoms with Crippen LogP contribution >= 0.6 is 0 Å². The van der Waals surface area contributed by atoms with Crippen molar-refractivity contribution < 1.29 is 9.53 Å². The SMILES string of the molecule is CC1(C(=O)NCC2Cc3cccc(-c4ncccn4)c3O2)CC1. The molecule has 2 heterocycles. The van der Waals surface area contributed by atoms with Crippen LogP contribution in [-0.2, 0) is 11.2 Å². The number of ether oxygens (including phenoxy) is 1. The van der Waals surface area contributed by atoms with Crippen molar-refractivity contribution in [3.8, 4) is 17.1 Å². The first kappa shape index (κ1) is 14.2. The van der Waals surface area contributed by atoms with E-state index in [0.717, 1.165) is 36.1 Å². The van der Waals surface area contributed by atoms with Crippen LogP contribution < -0.4 is 10.1 Å². The summed E-state index contributed by atoms with van der Waals surface area (Å²) in [7, 11) is 0. The van der Waals surface area contributed by atoms with Crippen molar-refractivity contribution in [2.24, 2.45) is 5.41 Å². The van der Waals surface area contributed by atoms with E-state index in [9.17, 15) is 4.79 Å². The molecule has 1 aromatic carbocycles. The van der Waals surface area contributed by atoms with E-state index in [1.807, 2.05) is 19.1 Å². The third kappa shape index (κ3) is 2.67. The molecule has 1 N–H and O–H groups in total. The van der Waals surface area contributed by atoms with E-state index in [1.54, 1.807) is 18.5 Å². The highest BCUT2D eigenvalue weighted by Gasteiger charge is 2.45. The summed E-state index contributed by atoms with van der Waals surface area (Å²) in [4.78, 5) is 20.7. The van der Waals surface area contributed by atoms with E-state index >= 15 is 0 Å². The second-order valence-corrected chi connectivity index (χ2v) is 6.58. The van der Waals surface area contributed by atoms with Crippen LogP contribution in [0.5, 0.6) is 5.75 Å². The number of nitrogens with one attached hydrogen (secondary N) is 1. The van der Waals surface area contributed by atoms with Gasteiger partial charge in [-0.3, -0.25) is 4.79 Å². The van der Waals surface area contributed by atoms with Gasteiger partial charge >= 0.3 is 0 Å². The molecular formula is C18H19N3O2. The quantitative estimate of drug-likeness (QED) is 0.941. The van der Waals surface area contributed by atoms with Gasteiger partial charge in [0.05, 0.1) is 12.1 Å². The van der Waals surface area contributed by atoms with Gasteiger partial charge in [0.2, 0.25) is 5.91 Å². The van der Waals surface area contributed by atoms with E-state index in [4.69, 9.17) is 4.74 Å². The van der Waals surface area contributed by atoms with Crippen LogP contribution in [-0.4, -0.2) is 28.5 Å². The first-order valence-electron chi connectivity index (χ1n) is 8.00. The molecule has 5 nitrogen and oxygen atoms in total. The standard InChI is InChI=1S/C18H19N3O2/c1-18(6-7-18)17(22)21-11-13-10-12-4-2-5-14(15(12)23-13)16-19-8-3-9-20-16/h2-5,8-9,13H,6-7,10-11H2,1H3,(H,21,22). The van der Waals surface area contributed by atoms with Gasteiger partial charge in [0.25, 0.3) is 0 Å². The number of amides is 1. The second-order valence-electron chi connectivity index (χ2n) is 6.58. The van der Waals surface area contributed by atoms with Crippen LogP contribution in [0, 0.1) is 5.41 Å². The van der Waals surface area contributed by atoms with Crippen LogP contribution in [0.25, 0.3) is 11.4 Å². The summed E-state index contributed by atoms with van der Waals surface area (Å²) in [6.45, 7) is 2.55. The Kier molecular flexibility index (Phi) is 3.29. The molecule has 1 amide bonds. The molecule has 1 fully saturated rings. The summed E-state index contributed by atoms with van der Waals surface area (Å²) in [5.41, 5.74) is 1.91. The molecular weight excluding hydrogens is 290 g/mol. The average molecular weight is 309 g/mol. The first-order valence-corrected chi connectivity index (χ1v) is 8.00. The predicted octanol–water partition coefficient (Wildman–Crippen LogP) is 2.36. The summed E-state index contributed by atoms with van der Waals surface area (Å²) in [5, 5.41) is 3.03. The molecule has 2 aliphatic rings. The summed E-state index contributed by atoms with van der Waals surface area (Å²) in [6, 6.07) is 7.83. The Morgan fingerprint density at radius 3 is 2.83 bits per heavy atom. The summed E-state index contributed by atoms with van der Waals surface area (Å²) in [6.07, 6.45) is 6.20. The van der Waals surface area contributed by atoms with Crippen LogP contribution in [0.15, 0.2) is 36.7 Å². The van der Waals surface area contributed by atoms with Gasteiger partial charge in [-0.25, -0.2) is 9.97 Å². The van der Waals surface area contributed by atoms with E-state index in [0.29, 0.717) is 12.4 Å². The highest BCUT2D eigenvalue weighted by Crippen LogP contribution is 2.45. The van der Waals surface area contributed by atoms with E-state index in [2.05, 4.69) is 21.4 Å². The fraction of sp³-hybridized carbons (Fsp3) is 0.389. The maximum atomic E-state index is 12.1. The molecule has 0 saturated heterocycles. The van der Waals surface area contributed by atoms with Crippen molar-refractivity contribution in [3.63, 3.8) is 0 Å². The second kappa shape index (κ2) is 5.33. The largest absolute Gasteiger partial charge is 0.487 e. The van der Waals surface area contributed by atoms with Gasteiger partial charge in [-0.1, -0.05) is 19.1 Å². The van der Waals surface area contributed by atoms with Gasteiger partial charge in [-0.15, -0.1) is 0 Å². The molecule has 5 heteroatoms. The van der Waals surface area contributed by atoms with Crippen LogP contribution in [0.3, 0.4) is 0 Å². The van der Waals surface area contributed by atoms with Crippen LogP contribution in [0.1, 0.15) is 25.3 Å². The molecule has 23 heavy (non-hydrogen) atoms. The topological polar surface area (TPSA) is 64.1 Å². The molecule has 4 rings (SSSR count). The maximum Gasteiger partial charge on any atom is 0.226 e. The Morgan fingerprint density at radius 2 is 2.09 bits per heavy atom. The van der Waals surface area contributed by atoms with Gasteiger partial charge in [-0.2, -0.15) is 0 Å². The number of nitrogens with zero attached hydrogens (tertiary/aromatic N) is 2. The highest BCUT2D eigenvalue weighted by molar-refractivity contribution is 5.84. The van der Waals surface area contributed by atoms with Gasteiger partial charge < -0.3 is 10.1 Å². The van der Waals surface area contributed by atoms with Gasteiger partial charge in [-0.05, 0) is 30.5 Å². The number of aromatic nitrogens is 2. The van der Waals surface area contributed by atoms with Crippen molar-refractivity contribution in [1.29, 1.82) is 0 Å². The first-order chi connectivity index (χ1) is 11.2. The lowest BCUT2D eigenvalue weighted by atomic mass is 10.1. The molecule has 118 valence electrons. The van der Waals surface area contributed by atoms with Gasteiger partial charge in [0.1, 0.15) is 11.9 Å². The Hall–Kier alpha value is -2.43. The number of hydrogen-bond donors (Lipinski definition) is 1. The molecule has 1 saturated carbocycles. The number of benzene rings is 1. The molecule has 1 aliphatic carbocycles. The van der Waals surface area contributed by atoms with Gasteiger partial charge in [0, 0.05) is 24.2 Å².